The van der Waals surface area contributed by atoms with Crippen LogP contribution in [-0.4, -0.2) is 18.2 Å². The molecule has 4 nitrogen and oxygen atoms in total. The Hall–Kier alpha value is -1.85. The van der Waals surface area contributed by atoms with Crippen molar-refractivity contribution in [3.8, 4) is 5.75 Å². The first-order valence-corrected chi connectivity index (χ1v) is 7.58. The van der Waals surface area contributed by atoms with Gasteiger partial charge in [-0.05, 0) is 49.1 Å². The van der Waals surface area contributed by atoms with Crippen molar-refractivity contribution in [2.75, 3.05) is 6.61 Å². The molecule has 1 aromatic heterocycles. The fourth-order valence-electron chi connectivity index (χ4n) is 1.64. The molecule has 2 aromatic rings. The van der Waals surface area contributed by atoms with E-state index < -0.39 is 0 Å². The first kappa shape index (κ1) is 15.5. The summed E-state index contributed by atoms with van der Waals surface area (Å²) in [5, 5.41) is 6.64. The predicted molar refractivity (Wildman–Crippen MR) is 86.4 cm³/mol. The summed E-state index contributed by atoms with van der Waals surface area (Å²) in [5.74, 6) is 0.328. The molecule has 0 radical (unpaired) electrons. The lowest BCUT2D eigenvalue weighted by molar-refractivity contribution is -0.123. The van der Waals surface area contributed by atoms with E-state index in [-0.39, 0.29) is 12.5 Å². The number of carbonyl (C=O) groups is 1. The van der Waals surface area contributed by atoms with Gasteiger partial charge in [-0.1, -0.05) is 17.7 Å². The second-order valence-electron chi connectivity index (χ2n) is 4.41. The van der Waals surface area contributed by atoms with E-state index in [4.69, 9.17) is 16.3 Å². The van der Waals surface area contributed by atoms with Gasteiger partial charge in [-0.15, -0.1) is 11.3 Å². The summed E-state index contributed by atoms with van der Waals surface area (Å²) in [6.45, 7) is 3.62. The summed E-state index contributed by atoms with van der Waals surface area (Å²) in [6.07, 6.45) is 0. The van der Waals surface area contributed by atoms with E-state index in [1.54, 1.807) is 29.5 Å². The molecule has 0 aliphatic carbocycles. The van der Waals surface area contributed by atoms with Crippen molar-refractivity contribution in [3.05, 3.63) is 51.2 Å². The van der Waals surface area contributed by atoms with Gasteiger partial charge < -0.3 is 4.74 Å². The summed E-state index contributed by atoms with van der Waals surface area (Å²) in [6, 6.07) is 9.14. The number of hydrogen-bond acceptors (Lipinski definition) is 4. The Morgan fingerprint density at radius 2 is 2.24 bits per heavy atom. The molecule has 0 bridgehead atoms. The number of ether oxygens (including phenoxy) is 1. The van der Waals surface area contributed by atoms with E-state index in [0.717, 1.165) is 16.2 Å². The van der Waals surface area contributed by atoms with Gasteiger partial charge in [0.05, 0.1) is 5.71 Å². The lowest BCUT2D eigenvalue weighted by Crippen LogP contribution is -2.25. The zero-order chi connectivity index (χ0) is 15.2. The van der Waals surface area contributed by atoms with Crippen molar-refractivity contribution in [3.63, 3.8) is 0 Å². The van der Waals surface area contributed by atoms with Crippen molar-refractivity contribution in [2.24, 2.45) is 5.10 Å². The van der Waals surface area contributed by atoms with Crippen molar-refractivity contribution >= 4 is 34.6 Å². The largest absolute Gasteiger partial charge is 0.483 e. The first-order valence-electron chi connectivity index (χ1n) is 6.32. The van der Waals surface area contributed by atoms with Gasteiger partial charge in [0.25, 0.3) is 5.91 Å². The number of amides is 1. The van der Waals surface area contributed by atoms with Gasteiger partial charge in [0, 0.05) is 9.90 Å². The number of hydrogen-bond donors (Lipinski definition) is 1. The van der Waals surface area contributed by atoms with Crippen LogP contribution in [0.15, 0.2) is 40.8 Å². The molecule has 1 aromatic carbocycles. The van der Waals surface area contributed by atoms with Gasteiger partial charge >= 0.3 is 0 Å². The van der Waals surface area contributed by atoms with Crippen molar-refractivity contribution in [1.29, 1.82) is 0 Å². The summed E-state index contributed by atoms with van der Waals surface area (Å²) < 4.78 is 5.44. The molecule has 0 atom stereocenters. The molecule has 0 fully saturated rings. The molecule has 0 aliphatic rings. The summed E-state index contributed by atoms with van der Waals surface area (Å²) in [7, 11) is 0. The summed E-state index contributed by atoms with van der Waals surface area (Å²) in [5.41, 5.74) is 4.12. The summed E-state index contributed by atoms with van der Waals surface area (Å²) in [4.78, 5) is 12.7. The third-order valence-electron chi connectivity index (χ3n) is 2.72. The number of nitrogens with one attached hydrogen (secondary N) is 1. The number of thiophene rings is 1. The Balaban J connectivity index is 1.86. The normalized spacial score (nSPS) is 11.3. The van der Waals surface area contributed by atoms with Crippen LogP contribution in [0.1, 0.15) is 17.4 Å². The molecule has 21 heavy (non-hydrogen) atoms. The highest BCUT2D eigenvalue weighted by molar-refractivity contribution is 7.12. The lowest BCUT2D eigenvalue weighted by Gasteiger charge is -2.08. The van der Waals surface area contributed by atoms with E-state index in [9.17, 15) is 4.79 Å². The predicted octanol–water partition coefficient (Wildman–Crippen LogP) is 3.63. The molecule has 0 aliphatic heterocycles. The Labute approximate surface area is 132 Å². The Morgan fingerprint density at radius 3 is 2.90 bits per heavy atom. The molecule has 1 amide bonds. The molecule has 110 valence electrons. The monoisotopic (exact) mass is 322 g/mol. The Morgan fingerprint density at radius 1 is 1.43 bits per heavy atom. The highest BCUT2D eigenvalue weighted by Gasteiger charge is 2.05. The maximum Gasteiger partial charge on any atom is 0.277 e. The van der Waals surface area contributed by atoms with E-state index in [0.29, 0.717) is 10.8 Å². The van der Waals surface area contributed by atoms with Gasteiger partial charge in [0.15, 0.2) is 6.61 Å². The fourth-order valence-corrected chi connectivity index (χ4v) is 2.54. The molecule has 0 spiro atoms. The molecule has 0 saturated carbocycles. The van der Waals surface area contributed by atoms with Crippen molar-refractivity contribution in [1.82, 2.24) is 5.43 Å². The highest BCUT2D eigenvalue weighted by Crippen LogP contribution is 2.21. The van der Waals surface area contributed by atoms with Gasteiger partial charge in [-0.2, -0.15) is 5.10 Å². The van der Waals surface area contributed by atoms with Crippen LogP contribution in [0.4, 0.5) is 0 Å². The van der Waals surface area contributed by atoms with Crippen LogP contribution < -0.4 is 10.2 Å². The molecular formula is C15H15ClN2O2S. The molecule has 6 heteroatoms. The number of aryl methyl sites for hydroxylation is 1. The van der Waals surface area contributed by atoms with Crippen LogP contribution in [0.25, 0.3) is 0 Å². The van der Waals surface area contributed by atoms with Gasteiger partial charge in [0.1, 0.15) is 5.75 Å². The van der Waals surface area contributed by atoms with Gasteiger partial charge in [-0.3, -0.25) is 4.79 Å². The molecule has 1 N–H and O–H groups in total. The zero-order valence-electron chi connectivity index (χ0n) is 11.7. The minimum atomic E-state index is -0.305. The number of benzene rings is 1. The second kappa shape index (κ2) is 7.24. The number of hydrazone groups is 1. The quantitative estimate of drug-likeness (QED) is 0.675. The number of carbonyl (C=O) groups excluding carboxylic acids is 1. The molecule has 0 saturated heterocycles. The molecule has 0 unspecified atom stereocenters. The van der Waals surface area contributed by atoms with E-state index in [1.807, 2.05) is 31.4 Å². The first-order chi connectivity index (χ1) is 10.1. The lowest BCUT2D eigenvalue weighted by atomic mass is 10.2. The molecular weight excluding hydrogens is 308 g/mol. The van der Waals surface area contributed by atoms with Crippen molar-refractivity contribution < 1.29 is 9.53 Å². The maximum atomic E-state index is 11.7. The summed E-state index contributed by atoms with van der Waals surface area (Å²) >= 11 is 7.43. The van der Waals surface area contributed by atoms with E-state index >= 15 is 0 Å². The van der Waals surface area contributed by atoms with Gasteiger partial charge in [0.2, 0.25) is 0 Å². The molecule has 2 rings (SSSR count). The molecule has 1 heterocycles. The van der Waals surface area contributed by atoms with E-state index in [1.165, 1.54) is 0 Å². The third-order valence-corrected chi connectivity index (χ3v) is 3.94. The second-order valence-corrected chi connectivity index (χ2v) is 5.79. The average molecular weight is 323 g/mol. The van der Waals surface area contributed by atoms with Crippen LogP contribution in [0, 0.1) is 6.92 Å². The van der Waals surface area contributed by atoms with E-state index in [2.05, 4.69) is 10.5 Å². The van der Waals surface area contributed by atoms with Crippen LogP contribution in [0.5, 0.6) is 5.75 Å². The van der Waals surface area contributed by atoms with Gasteiger partial charge in [-0.25, -0.2) is 5.43 Å². The maximum absolute atomic E-state index is 11.7. The minimum Gasteiger partial charge on any atom is -0.483 e. The van der Waals surface area contributed by atoms with Crippen molar-refractivity contribution in [2.45, 2.75) is 13.8 Å². The number of rotatable bonds is 5. The standard InChI is InChI=1S/C15H15ClN2O2S/c1-10-8-12(16)5-6-13(10)20-9-15(19)18-17-11(2)14-4-3-7-21-14/h3-8H,9H2,1-2H3,(H,18,19)/b17-11-. The number of nitrogens with zero attached hydrogens (tertiary/aromatic N) is 1. The van der Waals surface area contributed by atoms with Crippen LogP contribution in [-0.2, 0) is 4.79 Å². The smallest absolute Gasteiger partial charge is 0.277 e. The average Bonchev–Trinajstić information content (AvgIpc) is 2.98. The van der Waals surface area contributed by atoms with Crippen LogP contribution in [0.3, 0.4) is 0 Å². The number of halogens is 1. The Bertz CT molecular complexity index is 654. The van der Waals surface area contributed by atoms with Crippen LogP contribution >= 0.6 is 22.9 Å². The topological polar surface area (TPSA) is 50.7 Å². The van der Waals surface area contributed by atoms with Crippen LogP contribution in [0.2, 0.25) is 5.02 Å². The Kier molecular flexibility index (Phi) is 5.36. The SMILES string of the molecule is C/C(=N/NC(=O)COc1ccc(Cl)cc1C)c1cccs1. The third kappa shape index (κ3) is 4.58. The highest BCUT2D eigenvalue weighted by atomic mass is 35.5. The minimum absolute atomic E-state index is 0.0936. The zero-order valence-corrected chi connectivity index (χ0v) is 13.3. The fraction of sp³-hybridized carbons (Fsp3) is 0.200.